The lowest BCUT2D eigenvalue weighted by atomic mass is 9.83. The summed E-state index contributed by atoms with van der Waals surface area (Å²) in [7, 11) is 0. The summed E-state index contributed by atoms with van der Waals surface area (Å²) in [6.07, 6.45) is 0. The molecule has 0 saturated carbocycles. The molecular weight excluding hydrogens is 593 g/mol. The van der Waals surface area contributed by atoms with Gasteiger partial charge in [0, 0.05) is 10.8 Å². The van der Waals surface area contributed by atoms with Gasteiger partial charge >= 0.3 is 0 Å². The van der Waals surface area contributed by atoms with Crippen LogP contribution < -0.4 is 0 Å². The molecule has 0 fully saturated rings. The van der Waals surface area contributed by atoms with E-state index in [1.165, 1.54) is 0 Å². The molecule has 0 radical (unpaired) electrons. The van der Waals surface area contributed by atoms with E-state index >= 15 is 0 Å². The largest absolute Gasteiger partial charge is 0.456 e. The summed E-state index contributed by atoms with van der Waals surface area (Å²) in [5.41, 5.74) is 3.54. The molecule has 0 atom stereocenters. The topological polar surface area (TPSA) is 13.1 Å². The van der Waals surface area contributed by atoms with E-state index in [-0.39, 0.29) is 39.1 Å². The number of rotatable bonds is 4. The molecule has 0 aliphatic carbocycles. The molecule has 0 aliphatic rings. The van der Waals surface area contributed by atoms with Crippen LogP contribution in [0.25, 0.3) is 98.8 Å². The Hall–Kier alpha value is -6.44. The van der Waals surface area contributed by atoms with Crippen molar-refractivity contribution in [1.29, 1.82) is 0 Å². The van der Waals surface area contributed by atoms with E-state index in [9.17, 15) is 5.48 Å². The fourth-order valence-corrected chi connectivity index (χ4v) is 7.16. The van der Waals surface area contributed by atoms with Crippen LogP contribution in [0.15, 0.2) is 186 Å². The molecule has 49 heavy (non-hydrogen) atoms. The van der Waals surface area contributed by atoms with Crippen LogP contribution in [0.2, 0.25) is 0 Å². The first-order valence-corrected chi connectivity index (χ1v) is 16.0. The molecule has 10 rings (SSSR count). The summed E-state index contributed by atoms with van der Waals surface area (Å²) in [5, 5.41) is 5.36. The summed E-state index contributed by atoms with van der Waals surface area (Å²) in [5.74, 6) is 0. The highest BCUT2D eigenvalue weighted by Crippen LogP contribution is 2.48. The Morgan fingerprint density at radius 3 is 1.78 bits per heavy atom. The third kappa shape index (κ3) is 4.40. The third-order valence-electron chi connectivity index (χ3n) is 9.24. The smallest absolute Gasteiger partial charge is 0.136 e. The standard InChI is InChI=1S/C48H30O/c1-3-14-31(15-4-1)33-26-27-41-45(30-33)49-44-25-13-24-42(48(41)44)47-39-22-11-9-20-37(39)46(38-21-10-12-23-40(38)47)35-28-34-18-7-8-19-36(34)43(29-35)32-16-5-2-6-17-32/h1-30H/i1D,3D,4D,13D,14D,15D,24D,25D,26D,27D,30D. The molecule has 0 bridgehead atoms. The molecule has 1 heteroatoms. The second-order valence-corrected chi connectivity index (χ2v) is 12.0. The molecule has 0 N–H and O–H groups in total. The third-order valence-corrected chi connectivity index (χ3v) is 9.24. The zero-order valence-electron chi connectivity index (χ0n) is 36.9. The lowest BCUT2D eigenvalue weighted by molar-refractivity contribution is 0.669. The Balaban J connectivity index is 1.35. The number of furan rings is 1. The van der Waals surface area contributed by atoms with Gasteiger partial charge in [-0.05, 0) is 107 Å². The molecule has 9 aromatic carbocycles. The van der Waals surface area contributed by atoms with Crippen LogP contribution in [0, 0.1) is 0 Å². The second kappa shape index (κ2) is 11.1. The van der Waals surface area contributed by atoms with Gasteiger partial charge in [-0.1, -0.05) is 151 Å². The minimum absolute atomic E-state index is 0.0487. The monoisotopic (exact) mass is 633 g/mol. The van der Waals surface area contributed by atoms with Crippen LogP contribution in [0.3, 0.4) is 0 Å². The maximum absolute atomic E-state index is 9.52. The zero-order chi connectivity index (χ0) is 41.9. The molecule has 0 aliphatic heterocycles. The van der Waals surface area contributed by atoms with Crippen molar-refractivity contribution >= 4 is 54.3 Å². The van der Waals surface area contributed by atoms with E-state index in [2.05, 4.69) is 36.4 Å². The average Bonchev–Trinajstić information content (AvgIpc) is 3.68. The van der Waals surface area contributed by atoms with Crippen LogP contribution in [0.5, 0.6) is 0 Å². The van der Waals surface area contributed by atoms with Crippen LogP contribution in [-0.4, -0.2) is 0 Å². The quantitative estimate of drug-likeness (QED) is 0.176. The normalized spacial score (nSPS) is 14.8. The van der Waals surface area contributed by atoms with Crippen molar-refractivity contribution in [3.8, 4) is 44.5 Å². The lowest BCUT2D eigenvalue weighted by Crippen LogP contribution is -1.92. The number of benzene rings is 9. The molecule has 0 amide bonds. The van der Waals surface area contributed by atoms with Crippen LogP contribution in [-0.2, 0) is 0 Å². The fourth-order valence-electron chi connectivity index (χ4n) is 7.16. The zero-order valence-corrected chi connectivity index (χ0v) is 25.9. The first-order valence-electron chi connectivity index (χ1n) is 21.5. The van der Waals surface area contributed by atoms with E-state index < -0.39 is 66.0 Å². The number of hydrogen-bond donors (Lipinski definition) is 0. The molecule has 1 nitrogen and oxygen atoms in total. The van der Waals surface area contributed by atoms with Crippen molar-refractivity contribution in [3.05, 3.63) is 182 Å². The van der Waals surface area contributed by atoms with Crippen molar-refractivity contribution in [1.82, 2.24) is 0 Å². The summed E-state index contributed by atoms with van der Waals surface area (Å²) in [6.45, 7) is 0. The Kier molecular flexibility index (Phi) is 4.25. The van der Waals surface area contributed by atoms with Crippen LogP contribution in [0.1, 0.15) is 15.1 Å². The molecular formula is C48H30O. The summed E-state index contributed by atoms with van der Waals surface area (Å²) in [6, 6.07) is 32.4. The van der Waals surface area contributed by atoms with Crippen molar-refractivity contribution in [2.75, 3.05) is 0 Å². The minimum atomic E-state index is -0.656. The molecule has 1 heterocycles. The van der Waals surface area contributed by atoms with Crippen LogP contribution >= 0.6 is 0 Å². The predicted molar refractivity (Wildman–Crippen MR) is 208 cm³/mol. The van der Waals surface area contributed by atoms with Gasteiger partial charge in [0.05, 0.1) is 15.1 Å². The van der Waals surface area contributed by atoms with E-state index in [0.717, 1.165) is 54.6 Å². The maximum Gasteiger partial charge on any atom is 0.136 e. The van der Waals surface area contributed by atoms with Gasteiger partial charge in [-0.15, -0.1) is 0 Å². The second-order valence-electron chi connectivity index (χ2n) is 12.0. The Labute approximate surface area is 299 Å². The van der Waals surface area contributed by atoms with Crippen molar-refractivity contribution in [2.45, 2.75) is 0 Å². The first-order chi connectivity index (χ1) is 28.9. The summed E-state index contributed by atoms with van der Waals surface area (Å²) >= 11 is 0. The summed E-state index contributed by atoms with van der Waals surface area (Å²) < 4.78 is 104. The molecule has 0 saturated heterocycles. The number of fused-ring (bicyclic) bond motifs is 6. The SMILES string of the molecule is [2H]c1c([2H])c([2H])c(-c2c([2H])c([2H])c3c(oc4c([2H])c([2H])c([2H])c(-c5c6ccccc6c(-c6cc(-c7ccccc7)c7ccccc7c6)c6ccccc56)c43)c2[2H])c([2H])c1[2H]. The van der Waals surface area contributed by atoms with Crippen LogP contribution in [0.4, 0.5) is 0 Å². The average molecular weight is 634 g/mol. The Morgan fingerprint density at radius 1 is 0.388 bits per heavy atom. The summed E-state index contributed by atoms with van der Waals surface area (Å²) in [4.78, 5) is 0. The minimum Gasteiger partial charge on any atom is -0.456 e. The van der Waals surface area contributed by atoms with E-state index in [0.29, 0.717) is 5.56 Å². The van der Waals surface area contributed by atoms with Gasteiger partial charge in [0.1, 0.15) is 11.2 Å². The fraction of sp³-hybridized carbons (Fsp3) is 0. The van der Waals surface area contributed by atoms with Crippen molar-refractivity contribution < 1.29 is 19.5 Å². The van der Waals surface area contributed by atoms with Gasteiger partial charge < -0.3 is 4.42 Å². The van der Waals surface area contributed by atoms with E-state index in [1.54, 1.807) is 0 Å². The van der Waals surface area contributed by atoms with Gasteiger partial charge in [0.2, 0.25) is 0 Å². The maximum atomic E-state index is 9.52. The highest BCUT2D eigenvalue weighted by Gasteiger charge is 2.21. The number of hydrogen-bond acceptors (Lipinski definition) is 1. The predicted octanol–water partition coefficient (Wildman–Crippen LogP) is 13.7. The van der Waals surface area contributed by atoms with Gasteiger partial charge in [-0.25, -0.2) is 0 Å². The molecule has 0 spiro atoms. The highest BCUT2D eigenvalue weighted by molar-refractivity contribution is 6.26. The molecule has 10 aromatic rings. The van der Waals surface area contributed by atoms with Gasteiger partial charge in [0.25, 0.3) is 0 Å². The highest BCUT2D eigenvalue weighted by atomic mass is 16.3. The van der Waals surface area contributed by atoms with E-state index in [4.69, 9.17) is 14.0 Å². The molecule has 228 valence electrons. The van der Waals surface area contributed by atoms with Gasteiger partial charge in [-0.3, -0.25) is 0 Å². The lowest BCUT2D eigenvalue weighted by Gasteiger charge is -2.19. The van der Waals surface area contributed by atoms with E-state index in [1.807, 2.05) is 78.9 Å². The Morgan fingerprint density at radius 2 is 1.04 bits per heavy atom. The Bertz CT molecular complexity index is 3420. The molecule has 0 unspecified atom stereocenters. The van der Waals surface area contributed by atoms with Gasteiger partial charge in [0.15, 0.2) is 0 Å². The van der Waals surface area contributed by atoms with Gasteiger partial charge in [-0.2, -0.15) is 0 Å². The van der Waals surface area contributed by atoms with Crippen molar-refractivity contribution in [2.24, 2.45) is 0 Å². The van der Waals surface area contributed by atoms with Crippen molar-refractivity contribution in [3.63, 3.8) is 0 Å². The first kappa shape index (κ1) is 18.8. The molecule has 1 aromatic heterocycles.